The number of rotatable bonds is 6. The van der Waals surface area contributed by atoms with Gasteiger partial charge in [0, 0.05) is 18.7 Å². The van der Waals surface area contributed by atoms with Gasteiger partial charge in [0.05, 0.1) is 18.3 Å². The molecule has 1 aromatic heterocycles. The van der Waals surface area contributed by atoms with Gasteiger partial charge in [0.25, 0.3) is 5.91 Å². The zero-order valence-corrected chi connectivity index (χ0v) is 19.6. The molecule has 33 heavy (non-hydrogen) atoms. The molecule has 1 saturated heterocycles. The van der Waals surface area contributed by atoms with Crippen molar-refractivity contribution < 1.29 is 14.3 Å². The van der Waals surface area contributed by atoms with Gasteiger partial charge in [-0.15, -0.1) is 0 Å². The molecule has 172 valence electrons. The maximum Gasteiger partial charge on any atom is 0.358 e. The van der Waals surface area contributed by atoms with E-state index in [0.29, 0.717) is 25.4 Å². The van der Waals surface area contributed by atoms with Crippen LogP contribution in [0.25, 0.3) is 11.3 Å². The van der Waals surface area contributed by atoms with Crippen LogP contribution >= 0.6 is 0 Å². The Morgan fingerprint density at radius 3 is 2.27 bits per heavy atom. The molecule has 1 aliphatic rings. The zero-order chi connectivity index (χ0) is 23.4. The smallest absolute Gasteiger partial charge is 0.358 e. The minimum Gasteiger partial charge on any atom is -0.461 e. The number of benzene rings is 2. The van der Waals surface area contributed by atoms with Crippen molar-refractivity contribution in [2.75, 3.05) is 19.7 Å². The highest BCUT2D eigenvalue weighted by molar-refractivity contribution is 5.94. The summed E-state index contributed by atoms with van der Waals surface area (Å²) in [6.07, 6.45) is 2.53. The van der Waals surface area contributed by atoms with Gasteiger partial charge in [0.15, 0.2) is 5.69 Å². The maximum atomic E-state index is 12.9. The number of hydrogen-bond acceptors (Lipinski definition) is 4. The largest absolute Gasteiger partial charge is 0.461 e. The van der Waals surface area contributed by atoms with Gasteiger partial charge in [-0.1, -0.05) is 48.9 Å². The third-order valence-electron chi connectivity index (χ3n) is 6.27. The van der Waals surface area contributed by atoms with Crippen LogP contribution in [-0.4, -0.2) is 46.3 Å². The quantitative estimate of drug-likeness (QED) is 0.497. The van der Waals surface area contributed by atoms with Crippen LogP contribution in [0.4, 0.5) is 0 Å². The summed E-state index contributed by atoms with van der Waals surface area (Å²) in [5.41, 5.74) is 5.38. The minimum absolute atomic E-state index is 0.0662. The number of piperidine rings is 1. The Morgan fingerprint density at radius 1 is 1.00 bits per heavy atom. The van der Waals surface area contributed by atoms with Crippen molar-refractivity contribution in [1.29, 1.82) is 0 Å². The number of amides is 1. The zero-order valence-electron chi connectivity index (χ0n) is 19.6. The van der Waals surface area contributed by atoms with E-state index >= 15 is 0 Å². The normalized spacial score (nSPS) is 14.3. The second kappa shape index (κ2) is 10.0. The lowest BCUT2D eigenvalue weighted by atomic mass is 10.0. The molecule has 0 bridgehead atoms. The number of hydrogen-bond donors (Lipinski definition) is 0. The Bertz CT molecular complexity index is 1110. The summed E-state index contributed by atoms with van der Waals surface area (Å²) in [6.45, 7) is 7.55. The average Bonchev–Trinajstić information content (AvgIpc) is 3.30. The van der Waals surface area contributed by atoms with Crippen molar-refractivity contribution in [3.05, 3.63) is 77.0 Å². The van der Waals surface area contributed by atoms with E-state index in [4.69, 9.17) is 4.74 Å². The molecule has 0 aliphatic carbocycles. The molecule has 0 saturated carbocycles. The summed E-state index contributed by atoms with van der Waals surface area (Å²) in [4.78, 5) is 27.2. The molecular formula is C27H31N3O3. The summed E-state index contributed by atoms with van der Waals surface area (Å²) < 4.78 is 7.15. The van der Waals surface area contributed by atoms with Crippen molar-refractivity contribution in [1.82, 2.24) is 14.7 Å². The van der Waals surface area contributed by atoms with Crippen LogP contribution in [0.5, 0.6) is 0 Å². The number of aromatic nitrogens is 2. The first kappa shape index (κ1) is 22.8. The Kier molecular flexibility index (Phi) is 6.92. The summed E-state index contributed by atoms with van der Waals surface area (Å²) >= 11 is 0. The SMILES string of the molecule is CCOC(=O)c1cc(-c2ccc(CC)cc2)n(C2CCN(C(=O)c3ccc(C)cc3)CC2)n1. The summed E-state index contributed by atoms with van der Waals surface area (Å²) in [5.74, 6) is -0.342. The van der Waals surface area contributed by atoms with Gasteiger partial charge in [0.2, 0.25) is 0 Å². The molecule has 4 rings (SSSR count). The van der Waals surface area contributed by atoms with Gasteiger partial charge in [0.1, 0.15) is 0 Å². The van der Waals surface area contributed by atoms with Crippen molar-refractivity contribution in [3.63, 3.8) is 0 Å². The Labute approximate surface area is 195 Å². The van der Waals surface area contributed by atoms with Crippen molar-refractivity contribution in [2.45, 2.75) is 46.1 Å². The van der Waals surface area contributed by atoms with Crippen LogP contribution in [0.2, 0.25) is 0 Å². The Balaban J connectivity index is 1.55. The lowest BCUT2D eigenvalue weighted by Crippen LogP contribution is -2.39. The molecule has 3 aromatic rings. The number of carbonyl (C=O) groups excluding carboxylic acids is 2. The molecular weight excluding hydrogens is 414 g/mol. The van der Waals surface area contributed by atoms with Crippen LogP contribution < -0.4 is 0 Å². The molecule has 2 heterocycles. The topological polar surface area (TPSA) is 64.4 Å². The van der Waals surface area contributed by atoms with Gasteiger partial charge in [-0.2, -0.15) is 5.10 Å². The van der Waals surface area contributed by atoms with Gasteiger partial charge < -0.3 is 9.64 Å². The van der Waals surface area contributed by atoms with E-state index in [1.807, 2.05) is 46.8 Å². The van der Waals surface area contributed by atoms with Crippen LogP contribution in [-0.2, 0) is 11.2 Å². The van der Waals surface area contributed by atoms with Crippen molar-refractivity contribution in [2.24, 2.45) is 0 Å². The lowest BCUT2D eigenvalue weighted by Gasteiger charge is -2.33. The van der Waals surface area contributed by atoms with Crippen molar-refractivity contribution >= 4 is 11.9 Å². The molecule has 0 atom stereocenters. The van der Waals surface area contributed by atoms with E-state index < -0.39 is 5.97 Å². The number of esters is 1. The summed E-state index contributed by atoms with van der Waals surface area (Å²) in [7, 11) is 0. The average molecular weight is 446 g/mol. The predicted octanol–water partition coefficient (Wildman–Crippen LogP) is 5.07. The monoisotopic (exact) mass is 445 g/mol. The summed E-state index contributed by atoms with van der Waals surface area (Å²) in [5, 5.41) is 4.65. The number of ether oxygens (including phenoxy) is 1. The number of likely N-dealkylation sites (tertiary alicyclic amines) is 1. The standard InChI is InChI=1S/C27H31N3O3/c1-4-20-8-12-21(13-9-20)25-18-24(27(32)33-5-2)28-30(25)23-14-16-29(17-15-23)26(31)22-10-6-19(3)7-11-22/h6-13,18,23H,4-5,14-17H2,1-3H3. The van der Waals surface area contributed by atoms with Crippen LogP contribution in [0, 0.1) is 6.92 Å². The first-order chi connectivity index (χ1) is 16.0. The molecule has 6 nitrogen and oxygen atoms in total. The maximum absolute atomic E-state index is 12.9. The van der Waals surface area contributed by atoms with Crippen LogP contribution in [0.1, 0.15) is 64.7 Å². The van der Waals surface area contributed by atoms with E-state index in [1.54, 1.807) is 6.92 Å². The second-order valence-corrected chi connectivity index (χ2v) is 8.52. The fourth-order valence-corrected chi connectivity index (χ4v) is 4.30. The molecule has 0 N–H and O–H groups in total. The van der Waals surface area contributed by atoms with E-state index in [9.17, 15) is 9.59 Å². The predicted molar refractivity (Wildman–Crippen MR) is 128 cm³/mol. The molecule has 2 aromatic carbocycles. The van der Waals surface area contributed by atoms with Crippen LogP contribution in [0.3, 0.4) is 0 Å². The van der Waals surface area contributed by atoms with E-state index in [1.165, 1.54) is 5.56 Å². The molecule has 1 fully saturated rings. The number of nitrogens with zero attached hydrogens (tertiary/aromatic N) is 3. The minimum atomic E-state index is -0.408. The highest BCUT2D eigenvalue weighted by atomic mass is 16.5. The van der Waals surface area contributed by atoms with Crippen LogP contribution in [0.15, 0.2) is 54.6 Å². The third kappa shape index (κ3) is 5.00. The van der Waals surface area contributed by atoms with Gasteiger partial charge in [-0.05, 0) is 62.4 Å². The van der Waals surface area contributed by atoms with E-state index in [-0.39, 0.29) is 11.9 Å². The van der Waals surface area contributed by atoms with Gasteiger partial charge in [-0.25, -0.2) is 4.79 Å². The third-order valence-corrected chi connectivity index (χ3v) is 6.27. The highest BCUT2D eigenvalue weighted by Crippen LogP contribution is 2.30. The van der Waals surface area contributed by atoms with E-state index in [0.717, 1.165) is 41.6 Å². The second-order valence-electron chi connectivity index (χ2n) is 8.52. The molecule has 0 radical (unpaired) electrons. The fraction of sp³-hybridized carbons (Fsp3) is 0.370. The fourth-order valence-electron chi connectivity index (χ4n) is 4.30. The van der Waals surface area contributed by atoms with E-state index in [2.05, 4.69) is 36.3 Å². The Hall–Kier alpha value is -3.41. The van der Waals surface area contributed by atoms with Gasteiger partial charge >= 0.3 is 5.97 Å². The van der Waals surface area contributed by atoms with Gasteiger partial charge in [-0.3, -0.25) is 9.48 Å². The molecule has 0 unspecified atom stereocenters. The lowest BCUT2D eigenvalue weighted by molar-refractivity contribution is 0.0517. The molecule has 0 spiro atoms. The first-order valence-corrected chi connectivity index (χ1v) is 11.7. The number of carbonyl (C=O) groups is 2. The molecule has 1 amide bonds. The summed E-state index contributed by atoms with van der Waals surface area (Å²) in [6, 6.07) is 18.0. The number of aryl methyl sites for hydroxylation is 2. The van der Waals surface area contributed by atoms with Crippen molar-refractivity contribution in [3.8, 4) is 11.3 Å². The molecule has 6 heteroatoms. The Morgan fingerprint density at radius 2 is 1.67 bits per heavy atom. The highest BCUT2D eigenvalue weighted by Gasteiger charge is 2.28. The molecule has 1 aliphatic heterocycles. The first-order valence-electron chi connectivity index (χ1n) is 11.7.